The van der Waals surface area contributed by atoms with Crippen molar-refractivity contribution in [1.29, 1.82) is 0 Å². The molecule has 1 aromatic carbocycles. The number of hydrogen-bond acceptors (Lipinski definition) is 5. The van der Waals surface area contributed by atoms with Gasteiger partial charge in [0, 0.05) is 12.8 Å². The Bertz CT molecular complexity index is 990. The summed E-state index contributed by atoms with van der Waals surface area (Å²) in [5, 5.41) is 8.53. The summed E-state index contributed by atoms with van der Waals surface area (Å²) in [7, 11) is 0. The maximum Gasteiger partial charge on any atom is 0.320 e. The topological polar surface area (TPSA) is 133 Å². The molecule has 7 nitrogen and oxygen atoms in total. The lowest BCUT2D eigenvalue weighted by Gasteiger charge is -2.07. The number of hydrogen-bond donors (Lipinski definition) is 3. The number of aliphatic carboxylic acids is 1. The van der Waals surface area contributed by atoms with Gasteiger partial charge in [0.1, 0.15) is 12.6 Å². The highest BCUT2D eigenvalue weighted by Gasteiger charge is 2.14. The molecule has 1 atom stereocenters. The first-order valence-corrected chi connectivity index (χ1v) is 29.1. The lowest BCUT2D eigenvalue weighted by Crippen LogP contribution is -2.30. The fourth-order valence-corrected chi connectivity index (χ4v) is 7.50. The van der Waals surface area contributed by atoms with Crippen molar-refractivity contribution < 1.29 is 24.2 Å². The van der Waals surface area contributed by atoms with Crippen LogP contribution in [-0.2, 0) is 25.7 Å². The Hall–Kier alpha value is -2.41. The number of carbonyl (C=O) groups excluding carboxylic acids is 2. The number of primary amides is 1. The van der Waals surface area contributed by atoms with Crippen LogP contribution in [0.25, 0.3) is 0 Å². The molecule has 0 aliphatic rings. The Balaban J connectivity index is -0.000000373. The van der Waals surface area contributed by atoms with E-state index in [1.165, 1.54) is 238 Å². The van der Waals surface area contributed by atoms with Gasteiger partial charge in [-0.25, -0.2) is 0 Å². The normalized spacial score (nSPS) is 10.8. The third-order valence-corrected chi connectivity index (χ3v) is 12.1. The third kappa shape index (κ3) is 72.7. The van der Waals surface area contributed by atoms with Gasteiger partial charge in [0.2, 0.25) is 5.91 Å². The van der Waals surface area contributed by atoms with Crippen molar-refractivity contribution in [2.45, 2.75) is 331 Å². The molecule has 0 saturated carbocycles. The summed E-state index contributed by atoms with van der Waals surface area (Å²) < 4.78 is 4.97. The Morgan fingerprint density at radius 3 is 0.910 bits per heavy atom. The molecule has 0 spiro atoms. The number of ether oxygens (including phenoxy) is 1. The SMILES string of the molecule is CCCCCCCCCCCC.CCCCCCCCCCCC.CCCCCCCCCCCC.CCCCCCCCCCCC(N)=O.N[C@@H](CCC(=O)OCc1ccccc1)C(=O)O. The smallest absolute Gasteiger partial charge is 0.320 e. The molecule has 7 heteroatoms. The van der Waals surface area contributed by atoms with E-state index in [1.807, 2.05) is 30.3 Å². The highest BCUT2D eigenvalue weighted by atomic mass is 16.5. The van der Waals surface area contributed by atoms with E-state index in [9.17, 15) is 14.4 Å². The number of rotatable bonds is 43. The van der Waals surface area contributed by atoms with Gasteiger partial charge in [-0.1, -0.05) is 323 Å². The van der Waals surface area contributed by atoms with Gasteiger partial charge in [-0.05, 0) is 18.4 Å². The molecule has 67 heavy (non-hydrogen) atoms. The quantitative estimate of drug-likeness (QED) is 0.0441. The minimum Gasteiger partial charge on any atom is -0.480 e. The average Bonchev–Trinajstić information content (AvgIpc) is 3.33. The highest BCUT2D eigenvalue weighted by molar-refractivity contribution is 5.75. The minimum absolute atomic E-state index is 0.0142. The molecule has 1 aromatic rings. The standard InChI is InChI=1S/C12H15NO4.C12H25NO.3C12H26/c13-10(12(15)16)6-7-11(14)17-8-9-4-2-1-3-5-9;1-2-3-4-5-6-7-8-9-10-11-12(13)14;3*1-3-5-7-9-11-12-10-8-6-4-2/h1-5,10H,6-8,13H2,(H,15,16);2-11H2,1H3,(H2,13,14);3*3-12H2,1-2H3/t10-;;;;/m0..../s1. The number of carboxylic acid groups (broad SMARTS) is 1. The number of nitrogens with two attached hydrogens (primary N) is 2. The molecule has 0 saturated heterocycles. The Kier molecular flexibility index (Phi) is 69.7. The number of amides is 1. The van der Waals surface area contributed by atoms with E-state index in [1.54, 1.807) is 0 Å². The molecule has 5 N–H and O–H groups in total. The van der Waals surface area contributed by atoms with Crippen LogP contribution >= 0.6 is 0 Å². The fourth-order valence-electron chi connectivity index (χ4n) is 7.50. The van der Waals surface area contributed by atoms with Gasteiger partial charge < -0.3 is 21.3 Å². The summed E-state index contributed by atoms with van der Waals surface area (Å²) in [5.41, 5.74) is 11.2. The molecule has 398 valence electrons. The van der Waals surface area contributed by atoms with Gasteiger partial charge in [-0.15, -0.1) is 0 Å². The molecule has 0 aromatic heterocycles. The molecular weight excluding hydrogens is 829 g/mol. The number of carbonyl (C=O) groups is 3. The van der Waals surface area contributed by atoms with E-state index in [2.05, 4.69) is 48.5 Å². The summed E-state index contributed by atoms with van der Waals surface area (Å²) in [6, 6.07) is 8.25. The highest BCUT2D eigenvalue weighted by Crippen LogP contribution is 2.13. The molecule has 0 aliphatic heterocycles. The van der Waals surface area contributed by atoms with Crippen molar-refractivity contribution in [3.8, 4) is 0 Å². The maximum atomic E-state index is 11.3. The predicted molar refractivity (Wildman–Crippen MR) is 295 cm³/mol. The van der Waals surface area contributed by atoms with Gasteiger partial charge in [0.05, 0.1) is 0 Å². The number of unbranched alkanes of at least 4 members (excludes halogenated alkanes) is 35. The van der Waals surface area contributed by atoms with Gasteiger partial charge in [0.25, 0.3) is 0 Å². The lowest BCUT2D eigenvalue weighted by atomic mass is 10.1. The average molecular weight is 948 g/mol. The molecule has 0 bridgehead atoms. The monoisotopic (exact) mass is 947 g/mol. The molecule has 1 rings (SSSR count). The van der Waals surface area contributed by atoms with Crippen molar-refractivity contribution in [1.82, 2.24) is 0 Å². The van der Waals surface area contributed by atoms with Crippen LogP contribution in [0.4, 0.5) is 0 Å². The third-order valence-electron chi connectivity index (χ3n) is 12.1. The molecule has 0 unspecified atom stereocenters. The van der Waals surface area contributed by atoms with Gasteiger partial charge in [-0.3, -0.25) is 14.4 Å². The second-order valence-electron chi connectivity index (χ2n) is 19.2. The zero-order valence-electron chi connectivity index (χ0n) is 46.1. The van der Waals surface area contributed by atoms with Crippen LogP contribution in [0.3, 0.4) is 0 Å². The van der Waals surface area contributed by atoms with E-state index in [-0.39, 0.29) is 25.4 Å². The molecule has 1 amide bonds. The molecule has 0 fully saturated rings. The first-order chi connectivity index (χ1) is 32.6. The van der Waals surface area contributed by atoms with E-state index >= 15 is 0 Å². The summed E-state index contributed by atoms with van der Waals surface area (Å²) in [5.74, 6) is -1.71. The Morgan fingerprint density at radius 2 is 0.672 bits per heavy atom. The number of esters is 1. The van der Waals surface area contributed by atoms with Crippen molar-refractivity contribution in [2.75, 3.05) is 0 Å². The fraction of sp³-hybridized carbons (Fsp3) is 0.850. The van der Waals surface area contributed by atoms with Crippen LogP contribution in [0.15, 0.2) is 30.3 Å². The predicted octanol–water partition coefficient (Wildman–Crippen LogP) is 19.1. The Morgan fingerprint density at radius 1 is 0.418 bits per heavy atom. The van der Waals surface area contributed by atoms with Gasteiger partial charge >= 0.3 is 11.9 Å². The summed E-state index contributed by atoms with van der Waals surface area (Å²) in [4.78, 5) is 32.1. The van der Waals surface area contributed by atoms with Crippen LogP contribution in [0.2, 0.25) is 0 Å². The van der Waals surface area contributed by atoms with Gasteiger partial charge in [-0.2, -0.15) is 0 Å². The largest absolute Gasteiger partial charge is 0.480 e. The van der Waals surface area contributed by atoms with Crippen molar-refractivity contribution >= 4 is 17.8 Å². The molecule has 0 aliphatic carbocycles. The van der Waals surface area contributed by atoms with Crippen LogP contribution in [0.1, 0.15) is 324 Å². The van der Waals surface area contributed by atoms with Crippen LogP contribution < -0.4 is 11.5 Å². The first-order valence-electron chi connectivity index (χ1n) is 29.1. The summed E-state index contributed by atoms with van der Waals surface area (Å²) in [6.45, 7) is 16.1. The van der Waals surface area contributed by atoms with E-state index in [0.29, 0.717) is 6.42 Å². The van der Waals surface area contributed by atoms with Crippen LogP contribution in [-0.4, -0.2) is 29.0 Å². The lowest BCUT2D eigenvalue weighted by molar-refractivity contribution is -0.145. The Labute approximate surface area is 418 Å². The zero-order chi connectivity index (χ0) is 50.5. The van der Waals surface area contributed by atoms with E-state index in [0.717, 1.165) is 18.4 Å². The van der Waals surface area contributed by atoms with E-state index < -0.39 is 18.0 Å². The number of benzene rings is 1. The van der Waals surface area contributed by atoms with Gasteiger partial charge in [0.15, 0.2) is 0 Å². The first kappa shape index (κ1) is 71.1. The summed E-state index contributed by atoms with van der Waals surface area (Å²) >= 11 is 0. The molecular formula is C60H118N2O5. The van der Waals surface area contributed by atoms with E-state index in [4.69, 9.17) is 21.3 Å². The van der Waals surface area contributed by atoms with Crippen molar-refractivity contribution in [3.05, 3.63) is 35.9 Å². The van der Waals surface area contributed by atoms with Crippen molar-refractivity contribution in [3.63, 3.8) is 0 Å². The van der Waals surface area contributed by atoms with Crippen molar-refractivity contribution in [2.24, 2.45) is 11.5 Å². The second kappa shape index (κ2) is 65.7. The van der Waals surface area contributed by atoms with Crippen LogP contribution in [0, 0.1) is 0 Å². The second-order valence-corrected chi connectivity index (χ2v) is 19.2. The van der Waals surface area contributed by atoms with Crippen LogP contribution in [0.5, 0.6) is 0 Å². The molecule has 0 heterocycles. The number of carboxylic acids is 1. The molecule has 0 radical (unpaired) electrons. The minimum atomic E-state index is -1.11. The maximum absolute atomic E-state index is 11.3. The zero-order valence-corrected chi connectivity index (χ0v) is 46.1. The summed E-state index contributed by atoms with van der Waals surface area (Å²) in [6.07, 6.45) is 55.5.